The summed E-state index contributed by atoms with van der Waals surface area (Å²) in [6.45, 7) is 4.93. The van der Waals surface area contributed by atoms with E-state index in [0.29, 0.717) is 17.4 Å². The van der Waals surface area contributed by atoms with Crippen LogP contribution in [0.5, 0.6) is 0 Å². The second-order valence-corrected chi connectivity index (χ2v) is 24.5. The van der Waals surface area contributed by atoms with E-state index in [0.717, 1.165) is 38.5 Å². The molecule has 0 aromatic heterocycles. The van der Waals surface area contributed by atoms with Gasteiger partial charge in [0.1, 0.15) is 13.2 Å². The van der Waals surface area contributed by atoms with Crippen molar-refractivity contribution in [1.29, 1.82) is 0 Å². The highest BCUT2D eigenvalue weighted by Gasteiger charge is 2.25. The molecular formula is C69H132NO8+. The highest BCUT2D eigenvalue weighted by Crippen LogP contribution is 2.18. The van der Waals surface area contributed by atoms with E-state index in [1.807, 2.05) is 21.1 Å². The summed E-state index contributed by atoms with van der Waals surface area (Å²) in [5.74, 6) is -1.99. The quantitative estimate of drug-likeness (QED) is 0.0211. The Bertz CT molecular complexity index is 1330. The number of carboxylic acid groups (broad SMARTS) is 1. The summed E-state index contributed by atoms with van der Waals surface area (Å²) in [4.78, 5) is 37.5. The van der Waals surface area contributed by atoms with Gasteiger partial charge in [-0.2, -0.15) is 0 Å². The number of nitrogens with zero attached hydrogens (tertiary/aromatic N) is 1. The molecule has 460 valence electrons. The van der Waals surface area contributed by atoms with Crippen LogP contribution in [0.25, 0.3) is 0 Å². The van der Waals surface area contributed by atoms with Crippen LogP contribution in [0, 0.1) is 0 Å². The summed E-state index contributed by atoms with van der Waals surface area (Å²) in [7, 11) is 5.98. The summed E-state index contributed by atoms with van der Waals surface area (Å²) < 4.78 is 23.0. The van der Waals surface area contributed by atoms with E-state index in [2.05, 4.69) is 38.2 Å². The second-order valence-electron chi connectivity index (χ2n) is 24.5. The predicted molar refractivity (Wildman–Crippen MR) is 332 cm³/mol. The first-order valence-electron chi connectivity index (χ1n) is 34.0. The number of hydrogen-bond acceptors (Lipinski definition) is 7. The van der Waals surface area contributed by atoms with E-state index < -0.39 is 18.4 Å². The second kappa shape index (κ2) is 60.9. The lowest BCUT2D eigenvalue weighted by atomic mass is 10.0. The van der Waals surface area contributed by atoms with Crippen molar-refractivity contribution in [3.8, 4) is 0 Å². The molecule has 0 radical (unpaired) electrons. The number of carbonyl (C=O) groups excluding carboxylic acids is 2. The number of allylic oxidation sites excluding steroid dienone is 4. The SMILES string of the molecule is CCCCCCCCC/C=C\CCCCCCCCCC(=O)OCC(COC(OCC[N+](C)(C)C)C(=O)O)OC(=O)CCCCCCCCCCCCCCCCCCCCCCCCC/C=C\CCCCCCCCCC. The molecule has 0 fully saturated rings. The summed E-state index contributed by atoms with van der Waals surface area (Å²) in [6.07, 6.45) is 71.6. The number of rotatable bonds is 64. The molecule has 0 saturated heterocycles. The van der Waals surface area contributed by atoms with Crippen molar-refractivity contribution in [3.05, 3.63) is 24.3 Å². The van der Waals surface area contributed by atoms with Crippen LogP contribution in [-0.2, 0) is 33.3 Å². The third-order valence-corrected chi connectivity index (χ3v) is 15.4. The molecule has 2 unspecified atom stereocenters. The van der Waals surface area contributed by atoms with Gasteiger partial charge in [0.05, 0.1) is 34.4 Å². The number of carboxylic acids is 1. The average Bonchev–Trinajstić information content (AvgIpc) is 3.41. The van der Waals surface area contributed by atoms with Gasteiger partial charge in [-0.3, -0.25) is 9.59 Å². The van der Waals surface area contributed by atoms with Gasteiger partial charge in [-0.1, -0.05) is 289 Å². The van der Waals surface area contributed by atoms with Crippen LogP contribution in [0.15, 0.2) is 24.3 Å². The zero-order valence-electron chi connectivity index (χ0n) is 52.6. The lowest BCUT2D eigenvalue weighted by Gasteiger charge is -2.25. The fourth-order valence-corrected chi connectivity index (χ4v) is 10.2. The van der Waals surface area contributed by atoms with E-state index in [9.17, 15) is 19.5 Å². The van der Waals surface area contributed by atoms with Crippen molar-refractivity contribution >= 4 is 17.9 Å². The average molecular weight is 1100 g/mol. The number of aliphatic carboxylic acids is 1. The molecule has 0 amide bonds. The molecule has 0 spiro atoms. The molecule has 0 saturated carbocycles. The third-order valence-electron chi connectivity index (χ3n) is 15.4. The van der Waals surface area contributed by atoms with Gasteiger partial charge >= 0.3 is 17.9 Å². The molecule has 0 aliphatic heterocycles. The molecule has 0 bridgehead atoms. The van der Waals surface area contributed by atoms with E-state index in [1.54, 1.807) is 0 Å². The molecule has 2 atom stereocenters. The molecule has 0 aliphatic rings. The van der Waals surface area contributed by atoms with Gasteiger partial charge in [0.25, 0.3) is 6.29 Å². The van der Waals surface area contributed by atoms with E-state index in [-0.39, 0.29) is 38.2 Å². The maximum atomic E-state index is 12.9. The van der Waals surface area contributed by atoms with Crippen molar-refractivity contribution in [2.45, 2.75) is 354 Å². The van der Waals surface area contributed by atoms with Crippen LogP contribution >= 0.6 is 0 Å². The molecular weight excluding hydrogens is 971 g/mol. The van der Waals surface area contributed by atoms with Gasteiger partial charge in [-0.05, 0) is 64.2 Å². The third kappa shape index (κ3) is 61.4. The van der Waals surface area contributed by atoms with Crippen LogP contribution in [-0.4, -0.2) is 87.4 Å². The summed E-state index contributed by atoms with van der Waals surface area (Å²) in [5, 5.41) is 9.72. The Morgan fingerprint density at radius 2 is 0.654 bits per heavy atom. The van der Waals surface area contributed by atoms with Crippen molar-refractivity contribution in [1.82, 2.24) is 0 Å². The topological polar surface area (TPSA) is 108 Å². The Morgan fingerprint density at radius 1 is 0.372 bits per heavy atom. The molecule has 9 heteroatoms. The minimum Gasteiger partial charge on any atom is -0.477 e. The normalized spacial score (nSPS) is 12.8. The first kappa shape index (κ1) is 75.8. The Balaban J connectivity index is 4.01. The van der Waals surface area contributed by atoms with E-state index in [1.165, 1.54) is 276 Å². The lowest BCUT2D eigenvalue weighted by Crippen LogP contribution is -2.40. The highest BCUT2D eigenvalue weighted by atomic mass is 16.7. The van der Waals surface area contributed by atoms with Gasteiger partial charge in [0, 0.05) is 12.8 Å². The number of esters is 2. The molecule has 0 aliphatic carbocycles. The molecule has 1 N–H and O–H groups in total. The number of likely N-dealkylation sites (N-methyl/N-ethyl adjacent to an activating group) is 1. The van der Waals surface area contributed by atoms with Crippen molar-refractivity contribution in [2.24, 2.45) is 0 Å². The lowest BCUT2D eigenvalue weighted by molar-refractivity contribution is -0.870. The molecule has 0 aromatic rings. The zero-order valence-corrected chi connectivity index (χ0v) is 52.6. The molecule has 78 heavy (non-hydrogen) atoms. The Kier molecular flexibility index (Phi) is 59.1. The number of hydrogen-bond donors (Lipinski definition) is 1. The van der Waals surface area contributed by atoms with Crippen LogP contribution < -0.4 is 0 Å². The molecule has 0 aromatic carbocycles. The Morgan fingerprint density at radius 3 is 0.949 bits per heavy atom. The van der Waals surface area contributed by atoms with Gasteiger partial charge in [-0.25, -0.2) is 4.79 Å². The van der Waals surface area contributed by atoms with Crippen LogP contribution in [0.1, 0.15) is 341 Å². The van der Waals surface area contributed by atoms with Crippen LogP contribution in [0.3, 0.4) is 0 Å². The van der Waals surface area contributed by atoms with E-state index >= 15 is 0 Å². The van der Waals surface area contributed by atoms with Crippen molar-refractivity contribution < 1.29 is 42.9 Å². The minimum atomic E-state index is -1.51. The minimum absolute atomic E-state index is 0.179. The largest absolute Gasteiger partial charge is 0.477 e. The molecule has 9 nitrogen and oxygen atoms in total. The van der Waals surface area contributed by atoms with Crippen LogP contribution in [0.4, 0.5) is 0 Å². The summed E-state index contributed by atoms with van der Waals surface area (Å²) in [6, 6.07) is 0. The zero-order chi connectivity index (χ0) is 56.9. The maximum Gasteiger partial charge on any atom is 0.361 e. The molecule has 0 heterocycles. The van der Waals surface area contributed by atoms with Crippen molar-refractivity contribution in [3.63, 3.8) is 0 Å². The first-order chi connectivity index (χ1) is 38.1. The van der Waals surface area contributed by atoms with E-state index in [4.69, 9.17) is 18.9 Å². The standard InChI is InChI=1S/C69H131NO8/c1-6-8-10-12-14-16-18-20-22-24-26-27-28-29-30-31-32-33-34-35-36-37-38-39-40-41-42-44-46-48-50-52-54-56-58-60-67(72)78-65(64-77-69(68(73)74)75-62-61-70(3,4)5)63-76-66(71)59-57-55-53-51-49-47-45-43-25-23-21-19-17-15-13-11-9-7-2/h23-26,65,69H,6-22,27-64H2,1-5H3/p+1/b25-23-,26-24-. The summed E-state index contributed by atoms with van der Waals surface area (Å²) in [5.41, 5.74) is 0. The van der Waals surface area contributed by atoms with Gasteiger partial charge in [0.15, 0.2) is 6.10 Å². The number of unbranched alkanes of at least 4 members (excludes halogenated alkanes) is 45. The van der Waals surface area contributed by atoms with Gasteiger partial charge in [-0.15, -0.1) is 0 Å². The predicted octanol–water partition coefficient (Wildman–Crippen LogP) is 20.6. The maximum absolute atomic E-state index is 12.9. The fourth-order valence-electron chi connectivity index (χ4n) is 10.2. The van der Waals surface area contributed by atoms with Crippen molar-refractivity contribution in [2.75, 3.05) is 47.5 Å². The Hall–Kier alpha value is -2.23. The first-order valence-corrected chi connectivity index (χ1v) is 34.0. The summed E-state index contributed by atoms with van der Waals surface area (Å²) >= 11 is 0. The van der Waals surface area contributed by atoms with Crippen LogP contribution in [0.2, 0.25) is 0 Å². The Labute approximate surface area is 484 Å². The monoisotopic (exact) mass is 1100 g/mol. The van der Waals surface area contributed by atoms with Gasteiger partial charge in [0.2, 0.25) is 0 Å². The number of quaternary nitrogens is 1. The molecule has 0 rings (SSSR count). The fraction of sp³-hybridized carbons (Fsp3) is 0.899. The number of carbonyl (C=O) groups is 3. The smallest absolute Gasteiger partial charge is 0.361 e. The van der Waals surface area contributed by atoms with Gasteiger partial charge < -0.3 is 28.5 Å². The highest BCUT2D eigenvalue weighted by molar-refractivity contribution is 5.71. The number of ether oxygens (including phenoxy) is 4.